The van der Waals surface area contributed by atoms with Crippen LogP contribution in [0.1, 0.15) is 32.2 Å². The van der Waals surface area contributed by atoms with Crippen LogP contribution < -0.4 is 0 Å². The Bertz CT molecular complexity index is 389. The molecule has 0 saturated carbocycles. The number of nitrogens with zero attached hydrogens (tertiary/aromatic N) is 2. The van der Waals surface area contributed by atoms with Crippen molar-refractivity contribution >= 4 is 15.9 Å². The standard InChI is InChI=1S/C13H23BrN2O3/c1-5-16-10(12(14)9(4)15-16)8-11(17)13(18-6-2)19-7-3/h11,13,17H,5-8H2,1-4H3. The van der Waals surface area contributed by atoms with Crippen LogP contribution in [0.5, 0.6) is 0 Å². The van der Waals surface area contributed by atoms with E-state index in [2.05, 4.69) is 21.0 Å². The van der Waals surface area contributed by atoms with Gasteiger partial charge in [-0.2, -0.15) is 5.10 Å². The molecule has 0 fully saturated rings. The molecule has 1 rings (SSSR count). The fourth-order valence-corrected chi connectivity index (χ4v) is 2.40. The first-order valence-corrected chi connectivity index (χ1v) is 7.47. The second-order valence-corrected chi connectivity index (χ2v) is 5.01. The Balaban J connectivity index is 2.82. The fourth-order valence-electron chi connectivity index (χ4n) is 1.96. The van der Waals surface area contributed by atoms with Crippen molar-refractivity contribution in [3.63, 3.8) is 0 Å². The molecule has 5 nitrogen and oxygen atoms in total. The Labute approximate surface area is 123 Å². The Morgan fingerprint density at radius 3 is 2.32 bits per heavy atom. The number of aliphatic hydroxyl groups excluding tert-OH is 1. The molecule has 110 valence electrons. The minimum absolute atomic E-state index is 0.444. The molecular weight excluding hydrogens is 312 g/mol. The lowest BCUT2D eigenvalue weighted by Crippen LogP contribution is -2.34. The number of hydrogen-bond acceptors (Lipinski definition) is 4. The summed E-state index contributed by atoms with van der Waals surface area (Å²) in [7, 11) is 0. The van der Waals surface area contributed by atoms with Gasteiger partial charge in [-0.1, -0.05) is 0 Å². The van der Waals surface area contributed by atoms with Gasteiger partial charge >= 0.3 is 0 Å². The molecule has 1 aromatic heterocycles. The summed E-state index contributed by atoms with van der Waals surface area (Å²) in [6.07, 6.45) is -0.861. The molecule has 0 aliphatic carbocycles. The Hall–Kier alpha value is -0.430. The zero-order chi connectivity index (χ0) is 14.4. The Morgan fingerprint density at radius 2 is 1.84 bits per heavy atom. The number of aromatic nitrogens is 2. The summed E-state index contributed by atoms with van der Waals surface area (Å²) in [5, 5.41) is 14.7. The number of hydrogen-bond donors (Lipinski definition) is 1. The van der Waals surface area contributed by atoms with Crippen LogP contribution in [0.2, 0.25) is 0 Å². The van der Waals surface area contributed by atoms with Crippen molar-refractivity contribution in [2.75, 3.05) is 13.2 Å². The van der Waals surface area contributed by atoms with Crippen LogP contribution in [-0.2, 0) is 22.4 Å². The molecule has 19 heavy (non-hydrogen) atoms. The number of aliphatic hydroxyl groups is 1. The first kappa shape index (κ1) is 16.6. The molecule has 0 spiro atoms. The van der Waals surface area contributed by atoms with Crippen molar-refractivity contribution in [3.05, 3.63) is 15.9 Å². The van der Waals surface area contributed by atoms with E-state index >= 15 is 0 Å². The van der Waals surface area contributed by atoms with Crippen LogP contribution >= 0.6 is 15.9 Å². The molecule has 1 unspecified atom stereocenters. The Morgan fingerprint density at radius 1 is 1.26 bits per heavy atom. The monoisotopic (exact) mass is 334 g/mol. The maximum absolute atomic E-state index is 10.3. The zero-order valence-electron chi connectivity index (χ0n) is 12.0. The van der Waals surface area contributed by atoms with Crippen molar-refractivity contribution in [1.82, 2.24) is 9.78 Å². The highest BCUT2D eigenvalue weighted by Crippen LogP contribution is 2.23. The normalized spacial score (nSPS) is 13.2. The molecule has 1 atom stereocenters. The van der Waals surface area contributed by atoms with Crippen molar-refractivity contribution in [2.24, 2.45) is 0 Å². The molecule has 1 N–H and O–H groups in total. The Kier molecular flexibility index (Phi) is 6.99. The molecule has 0 bridgehead atoms. The van der Waals surface area contributed by atoms with Gasteiger partial charge in [0.2, 0.25) is 0 Å². The molecule has 1 aromatic rings. The number of rotatable bonds is 8. The smallest absolute Gasteiger partial charge is 0.183 e. The van der Waals surface area contributed by atoms with Gasteiger partial charge in [0.1, 0.15) is 6.10 Å². The summed E-state index contributed by atoms with van der Waals surface area (Å²) in [4.78, 5) is 0. The second-order valence-electron chi connectivity index (χ2n) is 4.21. The van der Waals surface area contributed by atoms with Crippen LogP contribution in [-0.4, -0.2) is 40.5 Å². The molecule has 0 amide bonds. The summed E-state index contributed by atoms with van der Waals surface area (Å²) < 4.78 is 13.7. The van der Waals surface area contributed by atoms with Gasteiger partial charge in [0, 0.05) is 26.2 Å². The van der Waals surface area contributed by atoms with Gasteiger partial charge in [-0.05, 0) is 43.6 Å². The molecule has 0 aliphatic rings. The molecule has 0 saturated heterocycles. The summed E-state index contributed by atoms with van der Waals surface area (Å²) in [5.74, 6) is 0. The molecule has 0 aliphatic heterocycles. The lowest BCUT2D eigenvalue weighted by atomic mass is 10.2. The summed E-state index contributed by atoms with van der Waals surface area (Å²) >= 11 is 3.52. The van der Waals surface area contributed by atoms with Crippen LogP contribution in [0.25, 0.3) is 0 Å². The summed E-state index contributed by atoms with van der Waals surface area (Å²) in [6, 6.07) is 0. The highest BCUT2D eigenvalue weighted by molar-refractivity contribution is 9.10. The van der Waals surface area contributed by atoms with E-state index in [0.29, 0.717) is 19.6 Å². The van der Waals surface area contributed by atoms with E-state index in [1.54, 1.807) is 0 Å². The lowest BCUT2D eigenvalue weighted by Gasteiger charge is -2.22. The lowest BCUT2D eigenvalue weighted by molar-refractivity contribution is -0.189. The van der Waals surface area contributed by atoms with Gasteiger partial charge in [-0.25, -0.2) is 0 Å². The van der Waals surface area contributed by atoms with E-state index in [1.165, 1.54) is 0 Å². The first-order valence-electron chi connectivity index (χ1n) is 6.68. The van der Waals surface area contributed by atoms with E-state index in [0.717, 1.165) is 22.4 Å². The topological polar surface area (TPSA) is 56.5 Å². The van der Waals surface area contributed by atoms with Crippen molar-refractivity contribution in [2.45, 2.75) is 53.1 Å². The zero-order valence-corrected chi connectivity index (χ0v) is 13.6. The third-order valence-electron chi connectivity index (χ3n) is 2.83. The van der Waals surface area contributed by atoms with Gasteiger partial charge in [0.05, 0.1) is 15.9 Å². The minimum Gasteiger partial charge on any atom is -0.387 e. The number of ether oxygens (including phenoxy) is 2. The predicted molar refractivity (Wildman–Crippen MR) is 77.1 cm³/mol. The molecule has 0 aromatic carbocycles. The van der Waals surface area contributed by atoms with Gasteiger partial charge in [-0.3, -0.25) is 4.68 Å². The SMILES string of the molecule is CCOC(OCC)C(O)Cc1c(Br)c(C)nn1CC. The van der Waals surface area contributed by atoms with Gasteiger partial charge < -0.3 is 14.6 Å². The predicted octanol–water partition coefficient (Wildman–Crippen LogP) is 2.28. The number of halogens is 1. The van der Waals surface area contributed by atoms with Crippen LogP contribution in [0, 0.1) is 6.92 Å². The third kappa shape index (κ3) is 4.27. The molecule has 6 heteroatoms. The maximum atomic E-state index is 10.3. The van der Waals surface area contributed by atoms with Crippen LogP contribution in [0.4, 0.5) is 0 Å². The fraction of sp³-hybridized carbons (Fsp3) is 0.769. The van der Waals surface area contributed by atoms with Gasteiger partial charge in [0.15, 0.2) is 6.29 Å². The molecular formula is C13H23BrN2O3. The maximum Gasteiger partial charge on any atom is 0.183 e. The van der Waals surface area contributed by atoms with E-state index in [1.807, 2.05) is 32.4 Å². The van der Waals surface area contributed by atoms with E-state index in [9.17, 15) is 5.11 Å². The highest BCUT2D eigenvalue weighted by Gasteiger charge is 2.24. The van der Waals surface area contributed by atoms with Crippen LogP contribution in [0.3, 0.4) is 0 Å². The molecule has 0 radical (unpaired) electrons. The summed E-state index contributed by atoms with van der Waals surface area (Å²) in [6.45, 7) is 9.52. The average molecular weight is 335 g/mol. The minimum atomic E-state index is -0.711. The average Bonchev–Trinajstić information content (AvgIpc) is 2.66. The van der Waals surface area contributed by atoms with E-state index in [4.69, 9.17) is 9.47 Å². The second kappa shape index (κ2) is 7.99. The van der Waals surface area contributed by atoms with Gasteiger partial charge in [0.25, 0.3) is 0 Å². The summed E-state index contributed by atoms with van der Waals surface area (Å²) in [5.41, 5.74) is 1.89. The van der Waals surface area contributed by atoms with Crippen LogP contribution in [0.15, 0.2) is 4.47 Å². The quantitative estimate of drug-likeness (QED) is 0.741. The van der Waals surface area contributed by atoms with Crippen molar-refractivity contribution < 1.29 is 14.6 Å². The third-order valence-corrected chi connectivity index (χ3v) is 3.86. The molecule has 1 heterocycles. The highest BCUT2D eigenvalue weighted by atomic mass is 79.9. The van der Waals surface area contributed by atoms with Crippen molar-refractivity contribution in [3.8, 4) is 0 Å². The largest absolute Gasteiger partial charge is 0.387 e. The number of aryl methyl sites for hydroxylation is 2. The van der Waals surface area contributed by atoms with Crippen molar-refractivity contribution in [1.29, 1.82) is 0 Å². The van der Waals surface area contributed by atoms with E-state index in [-0.39, 0.29) is 0 Å². The van der Waals surface area contributed by atoms with Gasteiger partial charge in [-0.15, -0.1) is 0 Å². The van der Waals surface area contributed by atoms with E-state index < -0.39 is 12.4 Å². The first-order chi connectivity index (χ1) is 9.04.